The molecule has 5 nitrogen and oxygen atoms in total. The van der Waals surface area contributed by atoms with Gasteiger partial charge < -0.3 is 14.4 Å². The zero-order valence-corrected chi connectivity index (χ0v) is 15.3. The molecule has 1 amide bonds. The first-order chi connectivity index (χ1) is 13.6. The average molecular weight is 373 g/mol. The number of aryl methyl sites for hydroxylation is 1. The Morgan fingerprint density at radius 2 is 1.71 bits per heavy atom. The Balaban J connectivity index is 1.86. The molecule has 1 saturated heterocycles. The number of hydrogen-bond acceptors (Lipinski definition) is 4. The van der Waals surface area contributed by atoms with Crippen LogP contribution < -0.4 is 0 Å². The Hall–Kier alpha value is -3.60. The molecular weight excluding hydrogens is 354 g/mol. The maximum absolute atomic E-state index is 12.9. The summed E-state index contributed by atoms with van der Waals surface area (Å²) in [5, 5.41) is 10.9. The molecule has 2 heterocycles. The summed E-state index contributed by atoms with van der Waals surface area (Å²) in [4.78, 5) is 27.1. The number of nitrogens with zero attached hydrogens (tertiary/aromatic N) is 1. The summed E-state index contributed by atoms with van der Waals surface area (Å²) in [7, 11) is 0. The number of likely N-dealkylation sites (tertiary alicyclic amines) is 1. The minimum atomic E-state index is -0.696. The summed E-state index contributed by atoms with van der Waals surface area (Å²) in [5.74, 6) is -0.955. The van der Waals surface area contributed by atoms with Crippen LogP contribution in [0.3, 0.4) is 0 Å². The number of hydrogen-bond donors (Lipinski definition) is 1. The first-order valence-corrected chi connectivity index (χ1v) is 8.99. The van der Waals surface area contributed by atoms with Gasteiger partial charge in [0.2, 0.25) is 0 Å². The lowest BCUT2D eigenvalue weighted by Crippen LogP contribution is -2.29. The highest BCUT2D eigenvalue weighted by Crippen LogP contribution is 2.40. The second-order valence-electron chi connectivity index (χ2n) is 6.78. The van der Waals surface area contributed by atoms with E-state index in [1.165, 1.54) is 11.2 Å². The van der Waals surface area contributed by atoms with Crippen LogP contribution in [0, 0.1) is 6.92 Å². The fourth-order valence-electron chi connectivity index (χ4n) is 3.46. The minimum Gasteiger partial charge on any atom is -0.507 e. The van der Waals surface area contributed by atoms with Gasteiger partial charge in [0.05, 0.1) is 24.4 Å². The summed E-state index contributed by atoms with van der Waals surface area (Å²) in [6.45, 7) is 2.11. The van der Waals surface area contributed by atoms with Crippen LogP contribution in [0.4, 0.5) is 0 Å². The fraction of sp³-hybridized carbons (Fsp3) is 0.130. The number of carbonyl (C=O) groups excluding carboxylic acids is 2. The van der Waals surface area contributed by atoms with Crippen molar-refractivity contribution in [2.45, 2.75) is 19.5 Å². The summed E-state index contributed by atoms with van der Waals surface area (Å²) in [5.41, 5.74) is 2.41. The molecule has 5 heteroatoms. The van der Waals surface area contributed by atoms with Gasteiger partial charge in [0, 0.05) is 5.56 Å². The van der Waals surface area contributed by atoms with E-state index in [0.29, 0.717) is 11.3 Å². The van der Waals surface area contributed by atoms with Gasteiger partial charge in [-0.05, 0) is 24.6 Å². The molecule has 1 unspecified atom stereocenters. The first kappa shape index (κ1) is 17.8. The molecule has 2 aromatic carbocycles. The van der Waals surface area contributed by atoms with Gasteiger partial charge in [0.1, 0.15) is 11.5 Å². The van der Waals surface area contributed by atoms with Crippen LogP contribution >= 0.6 is 0 Å². The van der Waals surface area contributed by atoms with Crippen LogP contribution in [-0.4, -0.2) is 21.7 Å². The molecule has 3 aromatic rings. The third kappa shape index (κ3) is 3.11. The van der Waals surface area contributed by atoms with Gasteiger partial charge in [-0.15, -0.1) is 0 Å². The molecule has 0 bridgehead atoms. The Morgan fingerprint density at radius 1 is 1.00 bits per heavy atom. The Labute approximate surface area is 162 Å². The first-order valence-electron chi connectivity index (χ1n) is 8.99. The van der Waals surface area contributed by atoms with Crippen LogP contribution in [0.1, 0.15) is 28.5 Å². The third-order valence-corrected chi connectivity index (χ3v) is 4.89. The number of carbonyl (C=O) groups is 2. The van der Waals surface area contributed by atoms with Crippen molar-refractivity contribution in [3.05, 3.63) is 101 Å². The van der Waals surface area contributed by atoms with E-state index in [4.69, 9.17) is 4.42 Å². The Morgan fingerprint density at radius 3 is 2.36 bits per heavy atom. The van der Waals surface area contributed by atoms with E-state index in [9.17, 15) is 14.7 Å². The minimum absolute atomic E-state index is 0.0895. The molecule has 1 aliphatic rings. The lowest BCUT2D eigenvalue weighted by atomic mass is 9.95. The van der Waals surface area contributed by atoms with Crippen molar-refractivity contribution < 1.29 is 19.1 Å². The van der Waals surface area contributed by atoms with Gasteiger partial charge in [-0.2, -0.15) is 0 Å². The number of benzene rings is 2. The van der Waals surface area contributed by atoms with Crippen LogP contribution in [0.15, 0.2) is 83.0 Å². The predicted octanol–water partition coefficient (Wildman–Crippen LogP) is 4.21. The number of ketones is 1. The zero-order valence-electron chi connectivity index (χ0n) is 15.3. The van der Waals surface area contributed by atoms with Gasteiger partial charge in [0.25, 0.3) is 11.7 Å². The second-order valence-corrected chi connectivity index (χ2v) is 6.78. The number of aliphatic hydroxyl groups is 1. The molecular formula is C23H19NO4. The number of Topliss-reactive ketones (excluding diaryl/α,β-unsaturated/α-hetero) is 1. The van der Waals surface area contributed by atoms with Crippen molar-refractivity contribution in [2.75, 3.05) is 0 Å². The summed E-state index contributed by atoms with van der Waals surface area (Å²) >= 11 is 0. The van der Waals surface area contributed by atoms with Crippen molar-refractivity contribution >= 4 is 17.4 Å². The van der Waals surface area contributed by atoms with Gasteiger partial charge in [-0.25, -0.2) is 0 Å². The molecule has 0 saturated carbocycles. The topological polar surface area (TPSA) is 70.8 Å². The van der Waals surface area contributed by atoms with E-state index in [0.717, 1.165) is 11.1 Å². The highest BCUT2D eigenvalue weighted by Gasteiger charge is 2.46. The van der Waals surface area contributed by atoms with Crippen LogP contribution in [0.25, 0.3) is 5.76 Å². The predicted molar refractivity (Wildman–Crippen MR) is 104 cm³/mol. The lowest BCUT2D eigenvalue weighted by Gasteiger charge is -2.24. The molecule has 1 N–H and O–H groups in total. The van der Waals surface area contributed by atoms with Crippen LogP contribution in [-0.2, 0) is 16.1 Å². The number of aliphatic hydroxyl groups excluding tert-OH is 1. The number of rotatable bonds is 4. The standard InChI is InChI=1S/C23H19NO4/c1-15-9-11-16(12-10-15)20-19(21(25)17-6-3-2-4-7-17)22(26)23(27)24(20)14-18-8-5-13-28-18/h2-13,20,25H,14H2,1H3. The molecule has 0 aliphatic carbocycles. The monoisotopic (exact) mass is 373 g/mol. The van der Waals surface area contributed by atoms with E-state index < -0.39 is 17.7 Å². The van der Waals surface area contributed by atoms with E-state index in [1.807, 2.05) is 37.3 Å². The van der Waals surface area contributed by atoms with Gasteiger partial charge in [0.15, 0.2) is 0 Å². The van der Waals surface area contributed by atoms with Crippen LogP contribution in [0.5, 0.6) is 0 Å². The van der Waals surface area contributed by atoms with Gasteiger partial charge in [-0.3, -0.25) is 9.59 Å². The summed E-state index contributed by atoms with van der Waals surface area (Å²) in [6, 6.07) is 19.2. The highest BCUT2D eigenvalue weighted by atomic mass is 16.3. The van der Waals surface area contributed by atoms with Crippen molar-refractivity contribution in [1.29, 1.82) is 0 Å². The SMILES string of the molecule is Cc1ccc(C2C(=C(O)c3ccccc3)C(=O)C(=O)N2Cc2ccco2)cc1. The van der Waals surface area contributed by atoms with Crippen molar-refractivity contribution in [1.82, 2.24) is 4.90 Å². The highest BCUT2D eigenvalue weighted by molar-refractivity contribution is 6.46. The van der Waals surface area contributed by atoms with Crippen molar-refractivity contribution in [3.63, 3.8) is 0 Å². The van der Waals surface area contributed by atoms with E-state index in [2.05, 4.69) is 0 Å². The quantitative estimate of drug-likeness (QED) is 0.422. The molecule has 28 heavy (non-hydrogen) atoms. The van der Waals surface area contributed by atoms with E-state index >= 15 is 0 Å². The van der Waals surface area contributed by atoms with Crippen LogP contribution in [0.2, 0.25) is 0 Å². The fourth-order valence-corrected chi connectivity index (χ4v) is 3.46. The molecule has 0 spiro atoms. The molecule has 1 atom stereocenters. The Bertz CT molecular complexity index is 1030. The van der Waals surface area contributed by atoms with E-state index in [1.54, 1.807) is 36.4 Å². The lowest BCUT2D eigenvalue weighted by molar-refractivity contribution is -0.140. The second kappa shape index (κ2) is 7.19. The Kier molecular flexibility index (Phi) is 4.57. The van der Waals surface area contributed by atoms with Crippen molar-refractivity contribution in [3.8, 4) is 0 Å². The zero-order chi connectivity index (χ0) is 19.7. The molecule has 1 aliphatic heterocycles. The summed E-state index contributed by atoms with van der Waals surface area (Å²) < 4.78 is 5.38. The molecule has 0 radical (unpaired) electrons. The normalized spacial score (nSPS) is 18.6. The third-order valence-electron chi connectivity index (χ3n) is 4.89. The molecule has 1 aromatic heterocycles. The maximum atomic E-state index is 12.9. The van der Waals surface area contributed by atoms with Gasteiger partial charge >= 0.3 is 0 Å². The number of furan rings is 1. The number of amides is 1. The largest absolute Gasteiger partial charge is 0.507 e. The molecule has 4 rings (SSSR count). The van der Waals surface area contributed by atoms with Gasteiger partial charge in [-0.1, -0.05) is 60.2 Å². The average Bonchev–Trinajstić information content (AvgIpc) is 3.31. The maximum Gasteiger partial charge on any atom is 0.296 e. The van der Waals surface area contributed by atoms with Crippen molar-refractivity contribution in [2.24, 2.45) is 0 Å². The molecule has 1 fully saturated rings. The molecule has 140 valence electrons. The summed E-state index contributed by atoms with van der Waals surface area (Å²) in [6.07, 6.45) is 1.52. The smallest absolute Gasteiger partial charge is 0.296 e. The van der Waals surface area contributed by atoms with E-state index in [-0.39, 0.29) is 17.9 Å².